The number of piperazine rings is 1. The predicted octanol–water partition coefficient (Wildman–Crippen LogP) is 0.981. The molecule has 1 amide bonds. The highest BCUT2D eigenvalue weighted by atomic mass is 16.5. The topological polar surface area (TPSA) is 68.7 Å². The fourth-order valence-electron chi connectivity index (χ4n) is 3.41. The molecule has 1 unspecified atom stereocenters. The van der Waals surface area contributed by atoms with Crippen molar-refractivity contribution in [1.29, 1.82) is 0 Å². The van der Waals surface area contributed by atoms with Crippen LogP contribution in [0.15, 0.2) is 18.2 Å². The first-order valence-corrected chi connectivity index (χ1v) is 11.0. The lowest BCUT2D eigenvalue weighted by molar-refractivity contribution is -0.130. The Kier molecular flexibility index (Phi) is 10.0. The van der Waals surface area contributed by atoms with E-state index in [0.29, 0.717) is 30.6 Å². The van der Waals surface area contributed by atoms with Gasteiger partial charge in [0.25, 0.3) is 0 Å². The number of amides is 1. The number of aliphatic hydroxyl groups excluding tert-OH is 1. The molecule has 8 heteroatoms. The standard InChI is InChI=1S/C23H40N4O4/c1-18(2)25(5)15-20(28)17-31-21-8-7-19(13-22(21)30-6)14-26-9-11-27(12-10-26)16-23(29)24(3)4/h7-8,13,18,20,28H,9-12,14-17H2,1-6H3. The normalized spacial score (nSPS) is 16.5. The van der Waals surface area contributed by atoms with Crippen LogP contribution in [0.1, 0.15) is 19.4 Å². The Hall–Kier alpha value is -1.87. The minimum atomic E-state index is -0.563. The van der Waals surface area contributed by atoms with E-state index in [-0.39, 0.29) is 12.5 Å². The van der Waals surface area contributed by atoms with Gasteiger partial charge in [-0.15, -0.1) is 0 Å². The third-order valence-corrected chi connectivity index (χ3v) is 5.77. The minimum absolute atomic E-state index is 0.148. The molecule has 1 heterocycles. The lowest BCUT2D eigenvalue weighted by atomic mass is 10.1. The van der Waals surface area contributed by atoms with Crippen molar-refractivity contribution in [1.82, 2.24) is 19.6 Å². The van der Waals surface area contributed by atoms with Gasteiger partial charge in [0.05, 0.1) is 13.7 Å². The number of methoxy groups -OCH3 is 1. The molecule has 0 radical (unpaired) electrons. The molecule has 1 saturated heterocycles. The fourth-order valence-corrected chi connectivity index (χ4v) is 3.41. The van der Waals surface area contributed by atoms with E-state index in [9.17, 15) is 9.90 Å². The van der Waals surface area contributed by atoms with Crippen LogP contribution in [0.5, 0.6) is 11.5 Å². The molecule has 0 saturated carbocycles. The summed E-state index contributed by atoms with van der Waals surface area (Å²) in [5, 5.41) is 10.2. The Morgan fingerprint density at radius 3 is 2.32 bits per heavy atom. The van der Waals surface area contributed by atoms with Gasteiger partial charge in [-0.25, -0.2) is 0 Å². The highest BCUT2D eigenvalue weighted by Gasteiger charge is 2.20. The zero-order chi connectivity index (χ0) is 23.0. The van der Waals surface area contributed by atoms with Crippen molar-refractivity contribution in [3.8, 4) is 11.5 Å². The number of likely N-dealkylation sites (N-methyl/N-ethyl adjacent to an activating group) is 2. The van der Waals surface area contributed by atoms with E-state index in [2.05, 4.69) is 28.5 Å². The summed E-state index contributed by atoms with van der Waals surface area (Å²) in [6.45, 7) is 9.92. The van der Waals surface area contributed by atoms with Crippen LogP contribution in [0.3, 0.4) is 0 Å². The molecular weight excluding hydrogens is 396 g/mol. The number of hydrogen-bond acceptors (Lipinski definition) is 7. The van der Waals surface area contributed by atoms with Crippen LogP contribution in [0, 0.1) is 0 Å². The zero-order valence-corrected chi connectivity index (χ0v) is 20.0. The molecule has 0 aromatic heterocycles. The summed E-state index contributed by atoms with van der Waals surface area (Å²) in [5.74, 6) is 1.47. The van der Waals surface area contributed by atoms with E-state index in [1.165, 1.54) is 0 Å². The third-order valence-electron chi connectivity index (χ3n) is 5.77. The van der Waals surface area contributed by atoms with Crippen LogP contribution in [0.2, 0.25) is 0 Å². The summed E-state index contributed by atoms with van der Waals surface area (Å²) < 4.78 is 11.4. The second-order valence-electron chi connectivity index (χ2n) is 8.82. The van der Waals surface area contributed by atoms with Gasteiger partial charge in [-0.2, -0.15) is 0 Å². The summed E-state index contributed by atoms with van der Waals surface area (Å²) >= 11 is 0. The molecule has 1 aromatic carbocycles. The van der Waals surface area contributed by atoms with Crippen molar-refractivity contribution in [3.63, 3.8) is 0 Å². The molecule has 31 heavy (non-hydrogen) atoms. The number of benzene rings is 1. The van der Waals surface area contributed by atoms with Gasteiger partial charge in [0.15, 0.2) is 11.5 Å². The molecule has 1 aliphatic heterocycles. The fraction of sp³-hybridized carbons (Fsp3) is 0.696. The Morgan fingerprint density at radius 1 is 1.10 bits per heavy atom. The van der Waals surface area contributed by atoms with Crippen LogP contribution in [0.4, 0.5) is 0 Å². The molecule has 0 bridgehead atoms. The second-order valence-corrected chi connectivity index (χ2v) is 8.82. The van der Waals surface area contributed by atoms with Crippen molar-refractivity contribution >= 4 is 5.91 Å². The average molecular weight is 437 g/mol. The summed E-state index contributed by atoms with van der Waals surface area (Å²) in [4.78, 5) is 20.2. The number of aliphatic hydroxyl groups is 1. The van der Waals surface area contributed by atoms with Crippen LogP contribution in [-0.2, 0) is 11.3 Å². The van der Waals surface area contributed by atoms with Gasteiger partial charge in [-0.1, -0.05) is 6.07 Å². The molecule has 1 aliphatic rings. The van der Waals surface area contributed by atoms with E-state index < -0.39 is 6.10 Å². The number of ether oxygens (including phenoxy) is 2. The number of nitrogens with zero attached hydrogens (tertiary/aromatic N) is 4. The Morgan fingerprint density at radius 2 is 1.74 bits per heavy atom. The maximum absolute atomic E-state index is 11.9. The van der Waals surface area contributed by atoms with Gasteiger partial charge in [0, 0.05) is 59.4 Å². The Bertz CT molecular complexity index is 690. The van der Waals surface area contributed by atoms with Crippen LogP contribution < -0.4 is 9.47 Å². The summed E-state index contributed by atoms with van der Waals surface area (Å²) in [5.41, 5.74) is 1.15. The number of rotatable bonds is 11. The summed E-state index contributed by atoms with van der Waals surface area (Å²) in [7, 11) is 7.22. The first-order chi connectivity index (χ1) is 14.7. The smallest absolute Gasteiger partial charge is 0.236 e. The molecule has 2 rings (SSSR count). The predicted molar refractivity (Wildman–Crippen MR) is 123 cm³/mol. The van der Waals surface area contributed by atoms with Gasteiger partial charge in [0.1, 0.15) is 12.7 Å². The van der Waals surface area contributed by atoms with E-state index in [1.54, 1.807) is 26.1 Å². The highest BCUT2D eigenvalue weighted by Crippen LogP contribution is 2.29. The molecule has 1 atom stereocenters. The van der Waals surface area contributed by atoms with Gasteiger partial charge in [-0.3, -0.25) is 14.6 Å². The Balaban J connectivity index is 1.84. The van der Waals surface area contributed by atoms with E-state index >= 15 is 0 Å². The van der Waals surface area contributed by atoms with E-state index in [1.807, 2.05) is 25.2 Å². The van der Waals surface area contributed by atoms with Crippen molar-refractivity contribution < 1.29 is 19.4 Å². The number of hydrogen-bond donors (Lipinski definition) is 1. The van der Waals surface area contributed by atoms with E-state index in [4.69, 9.17) is 9.47 Å². The molecule has 1 aromatic rings. The number of carbonyl (C=O) groups excluding carboxylic acids is 1. The van der Waals surface area contributed by atoms with Gasteiger partial charge in [-0.05, 0) is 38.6 Å². The zero-order valence-electron chi connectivity index (χ0n) is 20.0. The molecule has 1 fully saturated rings. The van der Waals surface area contributed by atoms with Crippen molar-refractivity contribution in [2.24, 2.45) is 0 Å². The van der Waals surface area contributed by atoms with Gasteiger partial charge >= 0.3 is 0 Å². The second kappa shape index (κ2) is 12.2. The molecular formula is C23H40N4O4. The number of carbonyl (C=O) groups is 1. The first kappa shape index (κ1) is 25.4. The lowest BCUT2D eigenvalue weighted by Gasteiger charge is -2.34. The molecule has 8 nitrogen and oxygen atoms in total. The lowest BCUT2D eigenvalue weighted by Crippen LogP contribution is -2.48. The quantitative estimate of drug-likeness (QED) is 0.555. The van der Waals surface area contributed by atoms with Crippen LogP contribution in [-0.4, -0.2) is 117 Å². The molecule has 0 aliphatic carbocycles. The van der Waals surface area contributed by atoms with Crippen molar-refractivity contribution in [2.45, 2.75) is 32.5 Å². The maximum atomic E-state index is 11.9. The summed E-state index contributed by atoms with van der Waals surface area (Å²) in [6.07, 6.45) is -0.563. The van der Waals surface area contributed by atoms with Crippen molar-refractivity contribution in [2.75, 3.05) is 74.1 Å². The van der Waals surface area contributed by atoms with Gasteiger partial charge < -0.3 is 24.4 Å². The SMILES string of the molecule is COc1cc(CN2CCN(CC(=O)N(C)C)CC2)ccc1OCC(O)CN(C)C(C)C. The first-order valence-electron chi connectivity index (χ1n) is 11.0. The molecule has 176 valence electrons. The molecule has 0 spiro atoms. The van der Waals surface area contributed by atoms with Gasteiger partial charge in [0.2, 0.25) is 5.91 Å². The Labute approximate surface area is 187 Å². The average Bonchev–Trinajstić information content (AvgIpc) is 2.73. The van der Waals surface area contributed by atoms with E-state index in [0.717, 1.165) is 38.3 Å². The summed E-state index contributed by atoms with van der Waals surface area (Å²) in [6, 6.07) is 6.34. The van der Waals surface area contributed by atoms with Crippen LogP contribution >= 0.6 is 0 Å². The van der Waals surface area contributed by atoms with Crippen molar-refractivity contribution in [3.05, 3.63) is 23.8 Å². The monoisotopic (exact) mass is 436 g/mol. The largest absolute Gasteiger partial charge is 0.493 e. The molecule has 1 N–H and O–H groups in total. The third kappa shape index (κ3) is 8.29. The highest BCUT2D eigenvalue weighted by molar-refractivity contribution is 5.77. The maximum Gasteiger partial charge on any atom is 0.236 e. The van der Waals surface area contributed by atoms with Crippen LogP contribution in [0.25, 0.3) is 0 Å². The minimum Gasteiger partial charge on any atom is -0.493 e.